The Balaban J connectivity index is 1.56. The molecule has 0 unspecified atom stereocenters. The lowest BCUT2D eigenvalue weighted by molar-refractivity contribution is -0.119. The van der Waals surface area contributed by atoms with E-state index in [2.05, 4.69) is 15.7 Å². The van der Waals surface area contributed by atoms with Gasteiger partial charge in [-0.15, -0.1) is 0 Å². The molecule has 7 heteroatoms. The zero-order valence-corrected chi connectivity index (χ0v) is 16.4. The summed E-state index contributed by atoms with van der Waals surface area (Å²) >= 11 is 0. The second kappa shape index (κ2) is 7.75. The number of nitrogens with zero attached hydrogens (tertiary/aromatic N) is 3. The van der Waals surface area contributed by atoms with Crippen molar-refractivity contribution in [3.8, 4) is 0 Å². The molecule has 3 heterocycles. The van der Waals surface area contributed by atoms with Gasteiger partial charge in [0.05, 0.1) is 23.4 Å². The summed E-state index contributed by atoms with van der Waals surface area (Å²) in [6.45, 7) is 4.87. The molecule has 2 aliphatic heterocycles. The standard InChI is InChI=1S/C21H27N5O2/c1-14-6-5-7-18(19(14)21(28)26-8-3-4-9-26)24-20(27)17-12-22-11-16(17)15-10-23-25(2)13-15/h5-7,10,13,16-17,22H,3-4,8-9,11-12H2,1-2H3,(H,24,27)/t16-,17+/m1/s1. The van der Waals surface area contributed by atoms with Crippen molar-refractivity contribution in [2.45, 2.75) is 25.7 Å². The number of likely N-dealkylation sites (tertiary alicyclic amines) is 1. The highest BCUT2D eigenvalue weighted by molar-refractivity contribution is 6.05. The SMILES string of the molecule is Cc1cccc(NC(=O)[C@H]2CNC[C@@H]2c2cnn(C)c2)c1C(=O)N1CCCC1. The fourth-order valence-electron chi connectivity index (χ4n) is 4.30. The van der Waals surface area contributed by atoms with Crippen LogP contribution in [0, 0.1) is 12.8 Å². The van der Waals surface area contributed by atoms with Crippen LogP contribution in [0.1, 0.15) is 40.2 Å². The Kier molecular flexibility index (Phi) is 5.17. The molecule has 4 rings (SSSR count). The first-order valence-corrected chi connectivity index (χ1v) is 9.93. The first kappa shape index (κ1) is 18.7. The number of hydrogen-bond donors (Lipinski definition) is 2. The predicted octanol–water partition coefficient (Wildman–Crippen LogP) is 1.91. The Hall–Kier alpha value is -2.67. The Morgan fingerprint density at radius 2 is 2.00 bits per heavy atom. The molecular weight excluding hydrogens is 354 g/mol. The minimum Gasteiger partial charge on any atom is -0.339 e. The Labute approximate surface area is 165 Å². The molecule has 2 N–H and O–H groups in total. The fraction of sp³-hybridized carbons (Fsp3) is 0.476. The van der Waals surface area contributed by atoms with E-state index in [4.69, 9.17) is 0 Å². The van der Waals surface area contributed by atoms with Crippen LogP contribution < -0.4 is 10.6 Å². The van der Waals surface area contributed by atoms with Gasteiger partial charge in [0.25, 0.3) is 5.91 Å². The number of aromatic nitrogens is 2. The molecule has 2 saturated heterocycles. The van der Waals surface area contributed by atoms with Gasteiger partial charge in [0.1, 0.15) is 0 Å². The monoisotopic (exact) mass is 381 g/mol. The maximum atomic E-state index is 13.1. The van der Waals surface area contributed by atoms with Crippen LogP contribution in [0.25, 0.3) is 0 Å². The summed E-state index contributed by atoms with van der Waals surface area (Å²) in [4.78, 5) is 28.0. The molecule has 28 heavy (non-hydrogen) atoms. The Morgan fingerprint density at radius 3 is 2.71 bits per heavy atom. The normalized spacial score (nSPS) is 21.9. The minimum absolute atomic E-state index is 0.0132. The maximum absolute atomic E-state index is 13.1. The summed E-state index contributed by atoms with van der Waals surface area (Å²) in [6.07, 6.45) is 5.87. The van der Waals surface area contributed by atoms with Crippen molar-refractivity contribution in [2.24, 2.45) is 13.0 Å². The van der Waals surface area contributed by atoms with Gasteiger partial charge < -0.3 is 15.5 Å². The predicted molar refractivity (Wildman–Crippen MR) is 107 cm³/mol. The van der Waals surface area contributed by atoms with Gasteiger partial charge in [0.2, 0.25) is 5.91 Å². The molecule has 2 atom stereocenters. The highest BCUT2D eigenvalue weighted by Gasteiger charge is 2.35. The lowest BCUT2D eigenvalue weighted by Gasteiger charge is -2.22. The van der Waals surface area contributed by atoms with Crippen LogP contribution in [0.4, 0.5) is 5.69 Å². The Bertz CT molecular complexity index is 885. The molecule has 1 aromatic heterocycles. The molecule has 0 radical (unpaired) electrons. The van der Waals surface area contributed by atoms with Crippen molar-refractivity contribution in [1.82, 2.24) is 20.0 Å². The third-order valence-corrected chi connectivity index (χ3v) is 5.84. The lowest BCUT2D eigenvalue weighted by atomic mass is 9.90. The van der Waals surface area contributed by atoms with E-state index in [0.29, 0.717) is 17.8 Å². The smallest absolute Gasteiger partial charge is 0.256 e. The highest BCUT2D eigenvalue weighted by Crippen LogP contribution is 2.30. The van der Waals surface area contributed by atoms with Gasteiger partial charge >= 0.3 is 0 Å². The largest absolute Gasteiger partial charge is 0.339 e. The molecule has 0 aliphatic carbocycles. The number of nitrogens with one attached hydrogen (secondary N) is 2. The summed E-state index contributed by atoms with van der Waals surface area (Å²) in [5, 5.41) is 10.6. The summed E-state index contributed by atoms with van der Waals surface area (Å²) in [7, 11) is 1.88. The van der Waals surface area contributed by atoms with E-state index in [1.165, 1.54) is 0 Å². The molecule has 148 valence electrons. The second-order valence-corrected chi connectivity index (χ2v) is 7.80. The molecule has 0 saturated carbocycles. The van der Waals surface area contributed by atoms with E-state index in [1.54, 1.807) is 4.68 Å². The van der Waals surface area contributed by atoms with Gasteiger partial charge in [0.15, 0.2) is 0 Å². The first-order chi connectivity index (χ1) is 13.5. The van der Waals surface area contributed by atoms with Crippen LogP contribution in [0.5, 0.6) is 0 Å². The third-order valence-electron chi connectivity index (χ3n) is 5.84. The topological polar surface area (TPSA) is 79.3 Å². The number of benzene rings is 1. The zero-order chi connectivity index (χ0) is 19.7. The molecule has 2 aliphatic rings. The zero-order valence-electron chi connectivity index (χ0n) is 16.4. The molecule has 1 aromatic carbocycles. The van der Waals surface area contributed by atoms with E-state index in [0.717, 1.165) is 43.6 Å². The second-order valence-electron chi connectivity index (χ2n) is 7.80. The average molecular weight is 381 g/mol. The van der Waals surface area contributed by atoms with Crippen molar-refractivity contribution >= 4 is 17.5 Å². The highest BCUT2D eigenvalue weighted by atomic mass is 16.2. The Morgan fingerprint density at radius 1 is 1.21 bits per heavy atom. The number of rotatable bonds is 4. The van der Waals surface area contributed by atoms with Gasteiger partial charge in [-0.1, -0.05) is 12.1 Å². The van der Waals surface area contributed by atoms with Crippen LogP contribution in [-0.4, -0.2) is 52.7 Å². The summed E-state index contributed by atoms with van der Waals surface area (Å²) in [5.41, 5.74) is 3.17. The van der Waals surface area contributed by atoms with E-state index < -0.39 is 0 Å². The molecule has 0 bridgehead atoms. The average Bonchev–Trinajstić information content (AvgIpc) is 3.42. The number of anilines is 1. The van der Waals surface area contributed by atoms with E-state index in [9.17, 15) is 9.59 Å². The van der Waals surface area contributed by atoms with E-state index >= 15 is 0 Å². The number of aryl methyl sites for hydroxylation is 2. The molecule has 2 fully saturated rings. The summed E-state index contributed by atoms with van der Waals surface area (Å²) in [5.74, 6) is -0.158. The number of carbonyl (C=O) groups is 2. The van der Waals surface area contributed by atoms with Gasteiger partial charge in [-0.3, -0.25) is 14.3 Å². The van der Waals surface area contributed by atoms with Gasteiger partial charge in [0, 0.05) is 45.3 Å². The lowest BCUT2D eigenvalue weighted by Crippen LogP contribution is -2.32. The third kappa shape index (κ3) is 3.54. The first-order valence-electron chi connectivity index (χ1n) is 9.93. The minimum atomic E-state index is -0.195. The number of hydrogen-bond acceptors (Lipinski definition) is 4. The quantitative estimate of drug-likeness (QED) is 0.848. The van der Waals surface area contributed by atoms with Gasteiger partial charge in [-0.25, -0.2) is 0 Å². The molecule has 2 amide bonds. The molecule has 0 spiro atoms. The van der Waals surface area contributed by atoms with Crippen molar-refractivity contribution in [2.75, 3.05) is 31.5 Å². The number of amides is 2. The molecule has 2 aromatic rings. The van der Waals surface area contributed by atoms with Crippen molar-refractivity contribution in [1.29, 1.82) is 0 Å². The van der Waals surface area contributed by atoms with Crippen molar-refractivity contribution < 1.29 is 9.59 Å². The molecule has 7 nitrogen and oxygen atoms in total. The van der Waals surface area contributed by atoms with Crippen LogP contribution in [0.3, 0.4) is 0 Å². The van der Waals surface area contributed by atoms with Crippen LogP contribution in [0.2, 0.25) is 0 Å². The van der Waals surface area contributed by atoms with Crippen LogP contribution >= 0.6 is 0 Å². The van der Waals surface area contributed by atoms with E-state index in [1.807, 2.05) is 49.5 Å². The van der Waals surface area contributed by atoms with Gasteiger partial charge in [-0.05, 0) is 37.0 Å². The van der Waals surface area contributed by atoms with Crippen LogP contribution in [-0.2, 0) is 11.8 Å². The summed E-state index contributed by atoms with van der Waals surface area (Å²) in [6, 6.07) is 5.64. The van der Waals surface area contributed by atoms with E-state index in [-0.39, 0.29) is 23.7 Å². The van der Waals surface area contributed by atoms with Crippen molar-refractivity contribution in [3.05, 3.63) is 47.3 Å². The summed E-state index contributed by atoms with van der Waals surface area (Å²) < 4.78 is 1.76. The maximum Gasteiger partial charge on any atom is 0.256 e. The van der Waals surface area contributed by atoms with Crippen molar-refractivity contribution in [3.63, 3.8) is 0 Å². The number of carbonyl (C=O) groups excluding carboxylic acids is 2. The fourth-order valence-corrected chi connectivity index (χ4v) is 4.30. The molecular formula is C21H27N5O2. The van der Waals surface area contributed by atoms with Gasteiger partial charge in [-0.2, -0.15) is 5.10 Å². The van der Waals surface area contributed by atoms with Crippen LogP contribution in [0.15, 0.2) is 30.6 Å².